The number of rotatable bonds is 4. The highest BCUT2D eigenvalue weighted by molar-refractivity contribution is 5.97. The van der Waals surface area contributed by atoms with E-state index in [0.717, 1.165) is 18.4 Å². The standard InChI is InChI=1S/C27H32N2O3/c1-16(2)19-8-10-27(3)11-9-20-21(25(19)27)6-4-17(12-23(20)30)14-28-26(31)18-5-7-24-22(13-18)29-15-32-24/h4-7,13,15-16,20,23,30H,8-12,14H2,1-3H3,(H,28,31)/t20-,23+,27-/m1/s1. The summed E-state index contributed by atoms with van der Waals surface area (Å²) < 4.78 is 5.25. The number of allylic oxidation sites excluding steroid dienone is 4. The first-order valence-corrected chi connectivity index (χ1v) is 11.8. The molecule has 1 aromatic heterocycles. The van der Waals surface area contributed by atoms with Gasteiger partial charge in [-0.05, 0) is 78.4 Å². The van der Waals surface area contributed by atoms with Crippen molar-refractivity contribution >= 4 is 17.0 Å². The number of fused-ring (bicyclic) bond motifs is 4. The number of carbonyl (C=O) groups is 1. The number of nitrogens with one attached hydrogen (secondary N) is 1. The van der Waals surface area contributed by atoms with Crippen molar-refractivity contribution in [2.75, 3.05) is 6.54 Å². The summed E-state index contributed by atoms with van der Waals surface area (Å²) in [6.07, 6.45) is 10.5. The highest BCUT2D eigenvalue weighted by Gasteiger charge is 2.46. The minimum atomic E-state index is -0.413. The maximum Gasteiger partial charge on any atom is 0.251 e. The topological polar surface area (TPSA) is 75.4 Å². The molecule has 32 heavy (non-hydrogen) atoms. The van der Waals surface area contributed by atoms with Gasteiger partial charge in [-0.15, -0.1) is 0 Å². The van der Waals surface area contributed by atoms with Crippen molar-refractivity contribution in [3.8, 4) is 0 Å². The van der Waals surface area contributed by atoms with Crippen molar-refractivity contribution in [1.82, 2.24) is 10.3 Å². The number of hydrogen-bond acceptors (Lipinski definition) is 4. The van der Waals surface area contributed by atoms with Crippen LogP contribution in [0, 0.1) is 17.3 Å². The molecule has 5 rings (SSSR count). The zero-order chi connectivity index (χ0) is 22.5. The zero-order valence-electron chi connectivity index (χ0n) is 19.1. The molecule has 0 aliphatic heterocycles. The van der Waals surface area contributed by atoms with Crippen LogP contribution in [-0.2, 0) is 0 Å². The maximum absolute atomic E-state index is 12.7. The van der Waals surface area contributed by atoms with Gasteiger partial charge in [-0.25, -0.2) is 4.98 Å². The van der Waals surface area contributed by atoms with E-state index < -0.39 is 6.10 Å². The van der Waals surface area contributed by atoms with E-state index in [9.17, 15) is 9.90 Å². The predicted molar refractivity (Wildman–Crippen MR) is 125 cm³/mol. The quantitative estimate of drug-likeness (QED) is 0.684. The van der Waals surface area contributed by atoms with Gasteiger partial charge >= 0.3 is 0 Å². The van der Waals surface area contributed by atoms with Gasteiger partial charge in [-0.2, -0.15) is 0 Å². The second kappa shape index (κ2) is 8.04. The molecule has 0 saturated heterocycles. The monoisotopic (exact) mass is 432 g/mol. The largest absolute Gasteiger partial charge is 0.443 e. The van der Waals surface area contributed by atoms with Crippen molar-refractivity contribution in [3.63, 3.8) is 0 Å². The molecule has 0 unspecified atom stereocenters. The molecule has 1 saturated carbocycles. The summed E-state index contributed by atoms with van der Waals surface area (Å²) in [5.74, 6) is 0.577. The number of amides is 1. The molecule has 3 aliphatic carbocycles. The first-order chi connectivity index (χ1) is 15.4. The lowest BCUT2D eigenvalue weighted by Gasteiger charge is -2.41. The first kappa shape index (κ1) is 21.2. The van der Waals surface area contributed by atoms with E-state index in [1.165, 1.54) is 30.4 Å². The third-order valence-corrected chi connectivity index (χ3v) is 7.77. The molecule has 168 valence electrons. The molecule has 1 heterocycles. The van der Waals surface area contributed by atoms with Crippen LogP contribution in [-0.4, -0.2) is 28.6 Å². The van der Waals surface area contributed by atoms with Gasteiger partial charge in [-0.1, -0.05) is 38.5 Å². The van der Waals surface area contributed by atoms with E-state index >= 15 is 0 Å². The fourth-order valence-electron chi connectivity index (χ4n) is 5.94. The molecule has 2 N–H and O–H groups in total. The first-order valence-electron chi connectivity index (χ1n) is 11.8. The Morgan fingerprint density at radius 2 is 2.16 bits per heavy atom. The summed E-state index contributed by atoms with van der Waals surface area (Å²) in [7, 11) is 0. The lowest BCUT2D eigenvalue weighted by molar-refractivity contribution is 0.0943. The van der Waals surface area contributed by atoms with E-state index in [0.29, 0.717) is 35.5 Å². The Kier molecular flexibility index (Phi) is 5.32. The van der Waals surface area contributed by atoms with Gasteiger partial charge in [-0.3, -0.25) is 4.79 Å². The van der Waals surface area contributed by atoms with Crippen LogP contribution in [0.1, 0.15) is 63.2 Å². The summed E-state index contributed by atoms with van der Waals surface area (Å²) >= 11 is 0. The molecule has 5 heteroatoms. The lowest BCUT2D eigenvalue weighted by atomic mass is 9.64. The summed E-state index contributed by atoms with van der Waals surface area (Å²) in [4.78, 5) is 16.8. The molecule has 0 bridgehead atoms. The summed E-state index contributed by atoms with van der Waals surface area (Å²) in [5.41, 5.74) is 7.63. The summed E-state index contributed by atoms with van der Waals surface area (Å²) in [5, 5.41) is 14.1. The number of aliphatic hydroxyl groups is 1. The predicted octanol–water partition coefficient (Wildman–Crippen LogP) is 5.34. The van der Waals surface area contributed by atoms with Crippen LogP contribution in [0.5, 0.6) is 0 Å². The van der Waals surface area contributed by atoms with E-state index in [4.69, 9.17) is 4.42 Å². The Bertz CT molecular complexity index is 1150. The molecule has 3 aliphatic rings. The van der Waals surface area contributed by atoms with Crippen molar-refractivity contribution in [3.05, 3.63) is 64.6 Å². The molecule has 2 aromatic rings. The average Bonchev–Trinajstić information content (AvgIpc) is 3.34. The Hall–Kier alpha value is -2.66. The fraction of sp³-hybridized carbons (Fsp3) is 0.481. The number of aromatic nitrogens is 1. The molecule has 1 fully saturated rings. The molecule has 1 aromatic carbocycles. The molecule has 0 radical (unpaired) electrons. The number of aliphatic hydroxyl groups excluding tert-OH is 1. The Labute approximate surface area is 189 Å². The van der Waals surface area contributed by atoms with Crippen LogP contribution < -0.4 is 5.32 Å². The van der Waals surface area contributed by atoms with Gasteiger partial charge in [0.25, 0.3) is 5.91 Å². The Morgan fingerprint density at radius 3 is 2.97 bits per heavy atom. The van der Waals surface area contributed by atoms with Gasteiger partial charge in [0.15, 0.2) is 12.0 Å². The molecule has 5 nitrogen and oxygen atoms in total. The van der Waals surface area contributed by atoms with Crippen LogP contribution >= 0.6 is 0 Å². The SMILES string of the molecule is CC(C)C1=C2C3=CC=C(CNC(=O)c4ccc5ocnc5c4)C[C@H](O)[C@@H]3CC[C@@]2(C)CC1. The lowest BCUT2D eigenvalue weighted by Crippen LogP contribution is -2.34. The van der Waals surface area contributed by atoms with Gasteiger partial charge in [0.1, 0.15) is 5.52 Å². The number of hydrogen-bond donors (Lipinski definition) is 2. The fourth-order valence-corrected chi connectivity index (χ4v) is 5.94. The van der Waals surface area contributed by atoms with Gasteiger partial charge in [0.2, 0.25) is 0 Å². The van der Waals surface area contributed by atoms with E-state index in [1.807, 2.05) is 0 Å². The summed E-state index contributed by atoms with van der Waals surface area (Å²) in [6.45, 7) is 7.41. The molecule has 1 amide bonds. The molecule has 3 atom stereocenters. The summed E-state index contributed by atoms with van der Waals surface area (Å²) in [6, 6.07) is 5.25. The number of benzene rings is 1. The van der Waals surface area contributed by atoms with E-state index in [1.54, 1.807) is 23.8 Å². The molecular weight excluding hydrogens is 400 g/mol. The van der Waals surface area contributed by atoms with Crippen molar-refractivity contribution in [2.24, 2.45) is 17.3 Å². The van der Waals surface area contributed by atoms with Crippen molar-refractivity contribution < 1.29 is 14.3 Å². The van der Waals surface area contributed by atoms with Crippen LogP contribution in [0.2, 0.25) is 0 Å². The smallest absolute Gasteiger partial charge is 0.251 e. The molecular formula is C27H32N2O3. The minimum Gasteiger partial charge on any atom is -0.443 e. The third kappa shape index (κ3) is 3.62. The van der Waals surface area contributed by atoms with Crippen LogP contribution in [0.3, 0.4) is 0 Å². The van der Waals surface area contributed by atoms with Crippen LogP contribution in [0.15, 0.2) is 63.5 Å². The zero-order valence-corrected chi connectivity index (χ0v) is 19.1. The maximum atomic E-state index is 12.7. The highest BCUT2D eigenvalue weighted by atomic mass is 16.3. The van der Waals surface area contributed by atoms with E-state index in [-0.39, 0.29) is 17.2 Å². The van der Waals surface area contributed by atoms with Crippen molar-refractivity contribution in [2.45, 2.75) is 59.0 Å². The number of nitrogens with zero attached hydrogens (tertiary/aromatic N) is 1. The minimum absolute atomic E-state index is 0.146. The highest BCUT2D eigenvalue weighted by Crippen LogP contribution is 2.57. The van der Waals surface area contributed by atoms with Crippen LogP contribution in [0.4, 0.5) is 0 Å². The van der Waals surface area contributed by atoms with Crippen molar-refractivity contribution in [1.29, 1.82) is 0 Å². The van der Waals surface area contributed by atoms with Gasteiger partial charge in [0.05, 0.1) is 6.10 Å². The molecule has 0 spiro atoms. The van der Waals surface area contributed by atoms with Gasteiger partial charge in [0, 0.05) is 18.0 Å². The average molecular weight is 433 g/mol. The number of carbonyl (C=O) groups excluding carboxylic acids is 1. The van der Waals surface area contributed by atoms with Gasteiger partial charge < -0.3 is 14.8 Å². The van der Waals surface area contributed by atoms with Crippen LogP contribution in [0.25, 0.3) is 11.1 Å². The Balaban J connectivity index is 1.37. The Morgan fingerprint density at radius 1 is 1.31 bits per heavy atom. The normalized spacial score (nSPS) is 27.7. The second-order valence-corrected chi connectivity index (χ2v) is 10.2. The third-order valence-electron chi connectivity index (χ3n) is 7.77. The number of oxazole rings is 1. The second-order valence-electron chi connectivity index (χ2n) is 10.2. The van der Waals surface area contributed by atoms with E-state index in [2.05, 4.69) is 43.2 Å².